The number of nitrogens with one attached hydrogen (secondary N) is 1. The highest BCUT2D eigenvalue weighted by Gasteiger charge is 2.42. The van der Waals surface area contributed by atoms with Crippen molar-refractivity contribution in [2.45, 2.75) is 43.9 Å². The molecule has 1 aromatic carbocycles. The van der Waals surface area contributed by atoms with Gasteiger partial charge >= 0.3 is 0 Å². The van der Waals surface area contributed by atoms with Gasteiger partial charge in [-0.25, -0.2) is 0 Å². The Morgan fingerprint density at radius 1 is 1.32 bits per heavy atom. The Kier molecular flexibility index (Phi) is 5.04. The van der Waals surface area contributed by atoms with Crippen molar-refractivity contribution in [2.75, 3.05) is 19.8 Å². The smallest absolute Gasteiger partial charge is 0.230 e. The molecule has 0 bridgehead atoms. The molecule has 0 unspecified atom stereocenters. The highest BCUT2D eigenvalue weighted by atomic mass is 35.5. The van der Waals surface area contributed by atoms with E-state index in [4.69, 9.17) is 16.3 Å². The Hall–Kier alpha value is -1.06. The van der Waals surface area contributed by atoms with Gasteiger partial charge in [0.2, 0.25) is 5.91 Å². The normalized spacial score (nSPS) is 24.1. The van der Waals surface area contributed by atoms with Crippen LogP contribution in [0.1, 0.15) is 44.1 Å². The third-order valence-electron chi connectivity index (χ3n) is 5.07. The fraction of sp³-hybridized carbons (Fsp3) is 0.611. The van der Waals surface area contributed by atoms with Gasteiger partial charge in [-0.05, 0) is 49.3 Å². The van der Waals surface area contributed by atoms with Gasteiger partial charge in [-0.1, -0.05) is 36.6 Å². The van der Waals surface area contributed by atoms with Crippen LogP contribution in [0, 0.1) is 5.92 Å². The van der Waals surface area contributed by atoms with E-state index in [1.54, 1.807) is 0 Å². The maximum atomic E-state index is 12.9. The summed E-state index contributed by atoms with van der Waals surface area (Å²) in [6, 6.07) is 7.81. The number of rotatable bonds is 4. The Morgan fingerprint density at radius 3 is 2.82 bits per heavy atom. The molecule has 1 aliphatic heterocycles. The molecule has 1 atom stereocenters. The van der Waals surface area contributed by atoms with Crippen molar-refractivity contribution in [3.8, 4) is 0 Å². The molecule has 120 valence electrons. The molecule has 22 heavy (non-hydrogen) atoms. The Balaban J connectivity index is 1.71. The van der Waals surface area contributed by atoms with Gasteiger partial charge in [0, 0.05) is 18.2 Å². The third kappa shape index (κ3) is 3.31. The van der Waals surface area contributed by atoms with Crippen molar-refractivity contribution in [2.24, 2.45) is 5.92 Å². The number of carbonyl (C=O) groups is 1. The molecule has 3 nitrogen and oxygen atoms in total. The van der Waals surface area contributed by atoms with Crippen molar-refractivity contribution < 1.29 is 9.53 Å². The van der Waals surface area contributed by atoms with Crippen LogP contribution in [0.2, 0.25) is 5.02 Å². The van der Waals surface area contributed by atoms with E-state index in [-0.39, 0.29) is 11.3 Å². The largest absolute Gasteiger partial charge is 0.381 e. The predicted molar refractivity (Wildman–Crippen MR) is 88.2 cm³/mol. The first kappa shape index (κ1) is 15.8. The standard InChI is InChI=1S/C18H24ClNO2/c19-16-7-3-6-15(11-16)18(8-1-2-9-18)17(21)20-12-14-5-4-10-22-13-14/h3,6-7,11,14H,1-2,4-5,8-10,12-13H2,(H,20,21)/t14-/m0/s1. The summed E-state index contributed by atoms with van der Waals surface area (Å²) < 4.78 is 5.50. The van der Waals surface area contributed by atoms with Crippen LogP contribution in [-0.2, 0) is 14.9 Å². The minimum absolute atomic E-state index is 0.165. The van der Waals surface area contributed by atoms with Crippen LogP contribution in [0.4, 0.5) is 0 Å². The van der Waals surface area contributed by atoms with E-state index in [0.717, 1.165) is 63.8 Å². The lowest BCUT2D eigenvalue weighted by molar-refractivity contribution is -0.127. The van der Waals surface area contributed by atoms with Crippen LogP contribution < -0.4 is 5.32 Å². The second-order valence-electron chi connectivity index (χ2n) is 6.59. The lowest BCUT2D eigenvalue weighted by Crippen LogP contribution is -2.45. The second-order valence-corrected chi connectivity index (χ2v) is 7.03. The zero-order chi connectivity index (χ0) is 15.4. The van der Waals surface area contributed by atoms with Crippen LogP contribution in [0.3, 0.4) is 0 Å². The lowest BCUT2D eigenvalue weighted by atomic mass is 9.78. The van der Waals surface area contributed by atoms with Crippen LogP contribution in [0.25, 0.3) is 0 Å². The van der Waals surface area contributed by atoms with Gasteiger partial charge in [0.25, 0.3) is 0 Å². The topological polar surface area (TPSA) is 38.3 Å². The zero-order valence-electron chi connectivity index (χ0n) is 12.9. The summed E-state index contributed by atoms with van der Waals surface area (Å²) in [5.74, 6) is 0.619. The first-order chi connectivity index (χ1) is 10.7. The molecular formula is C18H24ClNO2. The average Bonchev–Trinajstić information content (AvgIpc) is 3.05. The molecule has 1 heterocycles. The van der Waals surface area contributed by atoms with Crippen molar-refractivity contribution in [3.05, 3.63) is 34.9 Å². The Labute approximate surface area is 137 Å². The summed E-state index contributed by atoms with van der Waals surface area (Å²) in [7, 11) is 0. The van der Waals surface area contributed by atoms with E-state index in [1.165, 1.54) is 0 Å². The van der Waals surface area contributed by atoms with Crippen LogP contribution >= 0.6 is 11.6 Å². The molecule has 0 radical (unpaired) electrons. The highest BCUT2D eigenvalue weighted by Crippen LogP contribution is 2.42. The first-order valence-corrected chi connectivity index (χ1v) is 8.71. The number of amides is 1. The maximum Gasteiger partial charge on any atom is 0.230 e. The van der Waals surface area contributed by atoms with Crippen molar-refractivity contribution >= 4 is 17.5 Å². The Bertz CT molecular complexity index is 520. The fourth-order valence-corrected chi connectivity index (χ4v) is 3.98. The van der Waals surface area contributed by atoms with Crippen molar-refractivity contribution in [1.82, 2.24) is 5.32 Å². The number of halogens is 1. The molecule has 1 saturated carbocycles. The molecule has 4 heteroatoms. The van der Waals surface area contributed by atoms with Gasteiger partial charge in [0.1, 0.15) is 0 Å². The van der Waals surface area contributed by atoms with Crippen LogP contribution in [0.5, 0.6) is 0 Å². The molecule has 1 amide bonds. The van der Waals surface area contributed by atoms with Gasteiger partial charge in [-0.15, -0.1) is 0 Å². The van der Waals surface area contributed by atoms with Crippen LogP contribution in [0.15, 0.2) is 24.3 Å². The van der Waals surface area contributed by atoms with Gasteiger partial charge in [-0.2, -0.15) is 0 Å². The third-order valence-corrected chi connectivity index (χ3v) is 5.31. The summed E-state index contributed by atoms with van der Waals surface area (Å²) in [5, 5.41) is 3.90. The zero-order valence-corrected chi connectivity index (χ0v) is 13.7. The second kappa shape index (κ2) is 7.01. The molecule has 0 aromatic heterocycles. The molecule has 2 fully saturated rings. The summed E-state index contributed by atoms with van der Waals surface area (Å²) in [5.41, 5.74) is 0.676. The highest BCUT2D eigenvalue weighted by molar-refractivity contribution is 6.30. The lowest BCUT2D eigenvalue weighted by Gasteiger charge is -2.30. The van der Waals surface area contributed by atoms with Gasteiger partial charge < -0.3 is 10.1 Å². The van der Waals surface area contributed by atoms with Gasteiger partial charge in [0.15, 0.2) is 0 Å². The summed E-state index contributed by atoms with van der Waals surface area (Å²) in [6.45, 7) is 2.35. The molecular weight excluding hydrogens is 298 g/mol. The van der Waals surface area contributed by atoms with Gasteiger partial charge in [0.05, 0.1) is 12.0 Å². The first-order valence-electron chi connectivity index (χ1n) is 8.33. The number of ether oxygens (including phenoxy) is 1. The Morgan fingerprint density at radius 2 is 2.14 bits per heavy atom. The van der Waals surface area contributed by atoms with E-state index >= 15 is 0 Å². The number of hydrogen-bond acceptors (Lipinski definition) is 2. The van der Waals surface area contributed by atoms with Gasteiger partial charge in [-0.3, -0.25) is 4.79 Å². The summed E-state index contributed by atoms with van der Waals surface area (Å²) in [6.07, 6.45) is 6.28. The molecule has 1 aliphatic carbocycles. The van der Waals surface area contributed by atoms with Crippen molar-refractivity contribution in [3.63, 3.8) is 0 Å². The minimum Gasteiger partial charge on any atom is -0.381 e. The minimum atomic E-state index is -0.388. The van der Waals surface area contributed by atoms with E-state index in [1.807, 2.05) is 24.3 Å². The monoisotopic (exact) mass is 321 g/mol. The predicted octanol–water partition coefficient (Wildman–Crippen LogP) is 3.69. The molecule has 1 N–H and O–H groups in total. The number of benzene rings is 1. The SMILES string of the molecule is O=C(NC[C@@H]1CCCOC1)C1(c2cccc(Cl)c2)CCCC1. The fourth-order valence-electron chi connectivity index (χ4n) is 3.79. The number of carbonyl (C=O) groups excluding carboxylic acids is 1. The molecule has 1 saturated heterocycles. The summed E-state index contributed by atoms with van der Waals surface area (Å²) >= 11 is 6.14. The number of hydrogen-bond donors (Lipinski definition) is 1. The van der Waals surface area contributed by atoms with E-state index in [9.17, 15) is 4.79 Å². The van der Waals surface area contributed by atoms with E-state index in [0.29, 0.717) is 10.9 Å². The maximum absolute atomic E-state index is 12.9. The quantitative estimate of drug-likeness (QED) is 0.918. The molecule has 0 spiro atoms. The van der Waals surface area contributed by atoms with E-state index in [2.05, 4.69) is 5.32 Å². The van der Waals surface area contributed by atoms with Crippen LogP contribution in [-0.4, -0.2) is 25.7 Å². The average molecular weight is 322 g/mol. The summed E-state index contributed by atoms with van der Waals surface area (Å²) in [4.78, 5) is 12.9. The molecule has 2 aliphatic rings. The molecule has 1 aromatic rings. The van der Waals surface area contributed by atoms with Crippen molar-refractivity contribution in [1.29, 1.82) is 0 Å². The van der Waals surface area contributed by atoms with E-state index < -0.39 is 0 Å². The molecule has 3 rings (SSSR count).